The Kier molecular flexibility index (Phi) is 20.5. The van der Waals surface area contributed by atoms with E-state index in [2.05, 4.69) is 16.0 Å². The third-order valence-corrected chi connectivity index (χ3v) is 17.4. The Morgan fingerprint density at radius 2 is 1.52 bits per heavy atom. The van der Waals surface area contributed by atoms with Gasteiger partial charge in [-0.15, -0.1) is 0 Å². The monoisotopic (exact) mass is 1220 g/mol. The second kappa shape index (κ2) is 28.2. The van der Waals surface area contributed by atoms with E-state index in [-0.39, 0.29) is 98.2 Å². The molecular formula is C64H75N5O19. The largest absolute Gasteiger partial charge is 0.497 e. The number of hydrogen-bond acceptors (Lipinski definition) is 18. The van der Waals surface area contributed by atoms with Crippen molar-refractivity contribution in [3.05, 3.63) is 125 Å². The third kappa shape index (κ3) is 13.4. The quantitative estimate of drug-likeness (QED) is 0.0178. The molecule has 8 N–H and O–H groups in total. The van der Waals surface area contributed by atoms with Gasteiger partial charge in [-0.3, -0.25) is 33.7 Å². The second-order valence-corrected chi connectivity index (χ2v) is 22.6. The second-order valence-electron chi connectivity index (χ2n) is 22.6. The molecule has 0 unspecified atom stereocenters. The summed E-state index contributed by atoms with van der Waals surface area (Å²) in [6.45, 7) is 0.533. The highest BCUT2D eigenvalue weighted by Gasteiger charge is 2.78. The maximum Gasteiger partial charge on any atom is 0.407 e. The number of ether oxygens (including phenoxy) is 8. The van der Waals surface area contributed by atoms with Crippen molar-refractivity contribution in [3.63, 3.8) is 0 Å². The summed E-state index contributed by atoms with van der Waals surface area (Å²) in [6, 6.07) is 24.1. The van der Waals surface area contributed by atoms with Gasteiger partial charge in [0.05, 0.1) is 43.8 Å². The van der Waals surface area contributed by atoms with Crippen LogP contribution in [0.3, 0.4) is 0 Å². The number of urea groups is 1. The fourth-order valence-electron chi connectivity index (χ4n) is 12.7. The Bertz CT molecular complexity index is 3210. The number of carboxylic acid groups (broad SMARTS) is 1. The van der Waals surface area contributed by atoms with E-state index in [4.69, 9.17) is 43.6 Å². The fourth-order valence-corrected chi connectivity index (χ4v) is 12.7. The lowest BCUT2D eigenvalue weighted by atomic mass is 9.61. The topological polar surface area (TPSA) is 336 Å². The van der Waals surface area contributed by atoms with Crippen molar-refractivity contribution in [2.45, 2.75) is 126 Å². The SMILES string of the molecule is COc1ccc([C@@]23Oc4cc(O[C@@H]5O[C@@H](CCNC(=O)OCc6ccc(NC(=O)[C@H](CCCNC(N)=O)CC(=O)C7(C(=O)CCCCCCN8C(=O)C=CC8=O)CCC7)cc6)CO[C@H]5OC)cc(OC)c4[C@]2(O)[C@H](O)[C@H](C(=O)O)[C@H]3c2ccccc2)cc1. The molecule has 3 aliphatic heterocycles. The highest BCUT2D eigenvalue weighted by molar-refractivity contribution is 6.13. The molecule has 6 amide bonds. The number of nitrogens with zero attached hydrogens (tertiary/aromatic N) is 1. The summed E-state index contributed by atoms with van der Waals surface area (Å²) in [5, 5.41) is 44.1. The van der Waals surface area contributed by atoms with Crippen molar-refractivity contribution in [2.75, 3.05) is 52.9 Å². The highest BCUT2D eigenvalue weighted by Crippen LogP contribution is 2.70. The number of unbranched alkanes of at least 4 members (excludes halogenated alkanes) is 3. The first-order chi connectivity index (χ1) is 42.4. The van der Waals surface area contributed by atoms with E-state index < -0.39 is 83.2 Å². The molecule has 0 radical (unpaired) electrons. The zero-order valence-electron chi connectivity index (χ0n) is 49.3. The van der Waals surface area contributed by atoms with Crippen molar-refractivity contribution >= 4 is 53.1 Å². The number of primary amides is 1. The van der Waals surface area contributed by atoms with E-state index in [9.17, 15) is 53.7 Å². The number of alkyl carbamates (subject to hydrolysis) is 1. The van der Waals surface area contributed by atoms with E-state index in [1.807, 2.05) is 0 Å². The summed E-state index contributed by atoms with van der Waals surface area (Å²) >= 11 is 0. The predicted molar refractivity (Wildman–Crippen MR) is 313 cm³/mol. The number of fused-ring (bicyclic) bond motifs is 3. The van der Waals surface area contributed by atoms with Crippen molar-refractivity contribution in [1.29, 1.82) is 0 Å². The maximum absolute atomic E-state index is 14.0. The molecule has 0 aromatic heterocycles. The van der Waals surface area contributed by atoms with Crippen LogP contribution >= 0.6 is 0 Å². The lowest BCUT2D eigenvalue weighted by Crippen LogP contribution is -2.52. The number of benzene rings is 4. The Balaban J connectivity index is 0.771. The Morgan fingerprint density at radius 3 is 2.17 bits per heavy atom. The van der Waals surface area contributed by atoms with Gasteiger partial charge < -0.3 is 74.9 Å². The van der Waals surface area contributed by atoms with Gasteiger partial charge in [0.2, 0.25) is 12.2 Å². The summed E-state index contributed by atoms with van der Waals surface area (Å²) in [4.78, 5) is 104. The first kappa shape index (κ1) is 64.1. The van der Waals surface area contributed by atoms with E-state index in [0.717, 1.165) is 0 Å². The number of Topliss-reactive ketones (excluding diaryl/α,β-unsaturated/α-hetero) is 2. The number of imide groups is 1. The summed E-state index contributed by atoms with van der Waals surface area (Å²) in [7, 11) is 4.26. The van der Waals surface area contributed by atoms with Crippen LogP contribution in [0, 0.1) is 17.3 Å². The number of methoxy groups -OCH3 is 3. The molecule has 4 aromatic rings. The number of nitrogens with one attached hydrogen (secondary N) is 3. The highest BCUT2D eigenvalue weighted by atomic mass is 16.8. The molecule has 9 rings (SSSR count). The van der Waals surface area contributed by atoms with Crippen LogP contribution in [0.25, 0.3) is 0 Å². The van der Waals surface area contributed by atoms with Gasteiger partial charge in [-0.2, -0.15) is 0 Å². The molecule has 9 atom stereocenters. The van der Waals surface area contributed by atoms with Crippen LogP contribution in [0.4, 0.5) is 15.3 Å². The lowest BCUT2D eigenvalue weighted by Gasteiger charge is -2.40. The van der Waals surface area contributed by atoms with Crippen LogP contribution in [-0.2, 0) is 65.5 Å². The molecule has 3 heterocycles. The van der Waals surface area contributed by atoms with E-state index in [1.54, 1.807) is 78.9 Å². The van der Waals surface area contributed by atoms with E-state index >= 15 is 0 Å². The number of aliphatic carboxylic acids is 1. The molecule has 470 valence electrons. The number of ketones is 2. The first-order valence-electron chi connectivity index (χ1n) is 29.5. The van der Waals surface area contributed by atoms with Gasteiger partial charge in [-0.05, 0) is 85.9 Å². The van der Waals surface area contributed by atoms with Crippen molar-refractivity contribution in [2.24, 2.45) is 23.0 Å². The zero-order valence-corrected chi connectivity index (χ0v) is 49.3. The van der Waals surface area contributed by atoms with Crippen LogP contribution < -0.4 is 40.6 Å². The number of aliphatic hydroxyl groups excluding tert-OH is 1. The van der Waals surface area contributed by atoms with Gasteiger partial charge in [0.25, 0.3) is 18.1 Å². The summed E-state index contributed by atoms with van der Waals surface area (Å²) in [6.07, 6.45) is 1.94. The number of rotatable bonds is 30. The lowest BCUT2D eigenvalue weighted by molar-refractivity contribution is -0.312. The summed E-state index contributed by atoms with van der Waals surface area (Å²) < 4.78 is 47.8. The number of anilines is 1. The van der Waals surface area contributed by atoms with Crippen LogP contribution in [0.5, 0.6) is 23.0 Å². The molecule has 0 spiro atoms. The Labute approximate surface area is 508 Å². The Morgan fingerprint density at radius 1 is 0.807 bits per heavy atom. The van der Waals surface area contributed by atoms with Gasteiger partial charge >= 0.3 is 18.1 Å². The predicted octanol–water partition coefficient (Wildman–Crippen LogP) is 6.03. The fraction of sp³-hybridized carbons (Fsp3) is 0.469. The maximum atomic E-state index is 14.0. The number of aliphatic hydroxyl groups is 2. The number of carboxylic acids is 1. The minimum absolute atomic E-state index is 0.0102. The average molecular weight is 1220 g/mol. The number of hydrogen-bond donors (Lipinski definition) is 7. The molecule has 24 nitrogen and oxygen atoms in total. The first-order valence-corrected chi connectivity index (χ1v) is 29.5. The molecule has 88 heavy (non-hydrogen) atoms. The summed E-state index contributed by atoms with van der Waals surface area (Å²) in [5.41, 5.74) is 1.65. The normalized spacial score (nSPS) is 24.2. The van der Waals surface area contributed by atoms with Crippen LogP contribution in [0.1, 0.15) is 105 Å². The Hall–Kier alpha value is -8.42. The van der Waals surface area contributed by atoms with Gasteiger partial charge in [-0.25, -0.2) is 9.59 Å². The molecular weight excluding hydrogens is 1140 g/mol. The molecule has 2 saturated carbocycles. The average Bonchev–Trinajstić information content (AvgIpc) is 1.51. The number of carbonyl (C=O) groups excluding carboxylic acids is 7. The number of amides is 6. The minimum atomic E-state index is -2.39. The molecule has 0 bridgehead atoms. The zero-order chi connectivity index (χ0) is 62.8. The molecule has 24 heteroatoms. The molecule has 3 fully saturated rings. The van der Waals surface area contributed by atoms with Crippen LogP contribution in [0.15, 0.2) is 103 Å². The summed E-state index contributed by atoms with van der Waals surface area (Å²) in [5.74, 6) is -5.71. The molecule has 5 aliphatic rings. The molecule has 1 saturated heterocycles. The minimum Gasteiger partial charge on any atom is -0.497 e. The molecule has 4 aromatic carbocycles. The van der Waals surface area contributed by atoms with Crippen molar-refractivity contribution in [3.8, 4) is 23.0 Å². The van der Waals surface area contributed by atoms with Crippen LogP contribution in [-0.4, -0.2) is 140 Å². The van der Waals surface area contributed by atoms with Gasteiger partial charge in [0, 0.05) is 81.4 Å². The number of nitrogens with two attached hydrogens (primary N) is 1. The van der Waals surface area contributed by atoms with E-state index in [1.165, 1.54) is 50.5 Å². The van der Waals surface area contributed by atoms with Crippen molar-refractivity contribution in [1.82, 2.24) is 15.5 Å². The van der Waals surface area contributed by atoms with Gasteiger partial charge in [0.1, 0.15) is 47.3 Å². The smallest absolute Gasteiger partial charge is 0.407 e. The van der Waals surface area contributed by atoms with E-state index in [0.29, 0.717) is 86.0 Å². The standard InChI is InChI=1S/C64H75N5O19/c1-81-43-23-19-41(20-24-43)64-53(39-13-7-6-8-14-39)52(57(76)77)55(74)63(64,80)54-46(82-2)34-45(35-47(54)88-64)87-59-58(83-3)84-37-44(86-59)27-31-67-61(79)85-36-38-17-21-42(22-18-38)68-56(75)40(15-11-30-66-60(65)78)33-49(71)62(28-12-29-62)48(70)16-9-4-5-10-32-69-50(72)25-26-51(69)73/h6-8,13-14,17-26,34-35,40,44,52-53,55,58-59,74,80H,4-5,9-12,15-16,27-33,36-37H2,1-3H3,(H,67,79)(H,68,75)(H,76,77)(H3,65,66,78)/t40-,44+,52-,53-,55-,58-,59+,63+,64+/m1/s1. The number of carbonyl (C=O) groups is 8. The van der Waals surface area contributed by atoms with Crippen molar-refractivity contribution < 1.29 is 91.6 Å². The van der Waals surface area contributed by atoms with Gasteiger partial charge in [0.15, 0.2) is 11.2 Å². The van der Waals surface area contributed by atoms with Crippen LogP contribution in [0.2, 0.25) is 0 Å². The van der Waals surface area contributed by atoms with Gasteiger partial charge in [-0.1, -0.05) is 73.9 Å². The third-order valence-electron chi connectivity index (χ3n) is 17.4. The molecule has 2 aliphatic carbocycles.